The molecule has 0 aliphatic rings. The van der Waals surface area contributed by atoms with Gasteiger partial charge in [-0.1, -0.05) is 0 Å². The number of H-pyrrole nitrogens is 1. The van der Waals surface area contributed by atoms with E-state index in [-0.39, 0.29) is 10.9 Å². The predicted molar refractivity (Wildman–Crippen MR) is 73.5 cm³/mol. The second-order valence-corrected chi connectivity index (χ2v) is 6.92. The summed E-state index contributed by atoms with van der Waals surface area (Å²) in [5.41, 5.74) is 9.00. The molecular formula is C11H10N4O2S2. The second-order valence-electron chi connectivity index (χ2n) is 4.05. The summed E-state index contributed by atoms with van der Waals surface area (Å²) in [6.07, 6.45) is 1.54. The number of nitrogens with two attached hydrogens (primary N) is 1. The summed E-state index contributed by atoms with van der Waals surface area (Å²) in [6.45, 7) is 0. The van der Waals surface area contributed by atoms with Gasteiger partial charge >= 0.3 is 0 Å². The van der Waals surface area contributed by atoms with E-state index in [9.17, 15) is 8.42 Å². The number of hydrogen-bond donors (Lipinski definition) is 2. The lowest BCUT2D eigenvalue weighted by Gasteiger charge is -1.97. The molecule has 2 aromatic heterocycles. The van der Waals surface area contributed by atoms with Crippen molar-refractivity contribution in [3.63, 3.8) is 0 Å². The first-order valence-corrected chi connectivity index (χ1v) is 7.93. The Morgan fingerprint density at radius 1 is 1.37 bits per heavy atom. The quantitative estimate of drug-likeness (QED) is 0.714. The number of thiazole rings is 1. The van der Waals surface area contributed by atoms with Crippen molar-refractivity contribution in [2.75, 3.05) is 5.73 Å². The maximum Gasteiger partial charge on any atom is 0.226 e. The van der Waals surface area contributed by atoms with E-state index in [0.29, 0.717) is 21.6 Å². The highest BCUT2D eigenvalue weighted by Crippen LogP contribution is 2.21. The van der Waals surface area contributed by atoms with Crippen molar-refractivity contribution in [3.05, 3.63) is 34.8 Å². The maximum absolute atomic E-state index is 12.2. The largest absolute Gasteiger partial charge is 0.399 e. The Hall–Kier alpha value is -1.93. The summed E-state index contributed by atoms with van der Waals surface area (Å²) in [7, 11) is -3.50. The minimum absolute atomic E-state index is 0.0403. The summed E-state index contributed by atoms with van der Waals surface area (Å²) in [4.78, 5) is 11.4. The lowest BCUT2D eigenvalue weighted by atomic mass is 10.3. The van der Waals surface area contributed by atoms with E-state index in [2.05, 4.69) is 15.0 Å². The molecule has 0 spiro atoms. The van der Waals surface area contributed by atoms with Crippen LogP contribution < -0.4 is 5.73 Å². The molecule has 8 heteroatoms. The van der Waals surface area contributed by atoms with Crippen molar-refractivity contribution in [1.29, 1.82) is 0 Å². The monoisotopic (exact) mass is 294 g/mol. The Kier molecular flexibility index (Phi) is 2.76. The maximum atomic E-state index is 12.2. The van der Waals surface area contributed by atoms with Crippen LogP contribution in [0.15, 0.2) is 35.1 Å². The van der Waals surface area contributed by atoms with Crippen LogP contribution >= 0.6 is 11.3 Å². The van der Waals surface area contributed by atoms with Gasteiger partial charge in [-0.2, -0.15) is 0 Å². The van der Waals surface area contributed by atoms with Gasteiger partial charge in [0.2, 0.25) is 15.0 Å². The molecule has 0 unspecified atom stereocenters. The van der Waals surface area contributed by atoms with Crippen molar-refractivity contribution in [2.24, 2.45) is 0 Å². The zero-order valence-electron chi connectivity index (χ0n) is 9.70. The van der Waals surface area contributed by atoms with Gasteiger partial charge in [0.05, 0.1) is 22.3 Å². The van der Waals surface area contributed by atoms with Gasteiger partial charge in [-0.25, -0.2) is 13.4 Å². The fourth-order valence-electron chi connectivity index (χ4n) is 1.72. The number of nitrogens with zero attached hydrogens (tertiary/aromatic N) is 2. The van der Waals surface area contributed by atoms with Crippen molar-refractivity contribution in [3.8, 4) is 0 Å². The Balaban J connectivity index is 2.03. The molecule has 19 heavy (non-hydrogen) atoms. The average molecular weight is 294 g/mol. The Morgan fingerprint density at radius 2 is 2.21 bits per heavy atom. The zero-order chi connectivity index (χ0) is 13.5. The van der Waals surface area contributed by atoms with Gasteiger partial charge in [0.1, 0.15) is 0 Å². The minimum Gasteiger partial charge on any atom is -0.399 e. The lowest BCUT2D eigenvalue weighted by Crippen LogP contribution is -2.05. The van der Waals surface area contributed by atoms with Crippen LogP contribution in [0, 0.1) is 0 Å². The third-order valence-corrected chi connectivity index (χ3v) is 5.03. The summed E-state index contributed by atoms with van der Waals surface area (Å²) < 4.78 is 24.4. The third kappa shape index (κ3) is 2.32. The number of sulfone groups is 1. The third-order valence-electron chi connectivity index (χ3n) is 2.59. The topological polar surface area (TPSA) is 102 Å². The lowest BCUT2D eigenvalue weighted by molar-refractivity contribution is 0.589. The van der Waals surface area contributed by atoms with Crippen LogP contribution in [0.2, 0.25) is 0 Å². The van der Waals surface area contributed by atoms with Gasteiger partial charge in [-0.15, -0.1) is 11.3 Å². The molecule has 0 amide bonds. The van der Waals surface area contributed by atoms with E-state index in [1.54, 1.807) is 29.9 Å². The molecule has 2 heterocycles. The normalized spacial score (nSPS) is 12.0. The molecule has 3 N–H and O–H groups in total. The highest BCUT2D eigenvalue weighted by molar-refractivity contribution is 7.90. The number of aromatic nitrogens is 3. The molecule has 0 aliphatic carbocycles. The molecule has 0 saturated heterocycles. The molecule has 0 saturated carbocycles. The summed E-state index contributed by atoms with van der Waals surface area (Å²) in [5, 5.41) is -0.0403. The van der Waals surface area contributed by atoms with Crippen LogP contribution in [0.4, 0.5) is 5.69 Å². The molecule has 0 aliphatic heterocycles. The van der Waals surface area contributed by atoms with Crippen LogP contribution in [0.25, 0.3) is 11.0 Å². The first-order valence-electron chi connectivity index (χ1n) is 5.40. The van der Waals surface area contributed by atoms with Crippen molar-refractivity contribution < 1.29 is 8.42 Å². The highest BCUT2D eigenvalue weighted by atomic mass is 32.2. The predicted octanol–water partition coefficient (Wildman–Crippen LogP) is 1.58. The van der Waals surface area contributed by atoms with E-state index in [1.807, 2.05) is 0 Å². The number of aromatic amines is 1. The van der Waals surface area contributed by atoms with E-state index in [4.69, 9.17) is 5.73 Å². The summed E-state index contributed by atoms with van der Waals surface area (Å²) in [5.74, 6) is -0.104. The molecule has 6 nitrogen and oxygen atoms in total. The summed E-state index contributed by atoms with van der Waals surface area (Å²) >= 11 is 1.30. The number of nitrogens with one attached hydrogen (secondary N) is 1. The van der Waals surface area contributed by atoms with Crippen molar-refractivity contribution in [2.45, 2.75) is 10.9 Å². The van der Waals surface area contributed by atoms with Crippen molar-refractivity contribution in [1.82, 2.24) is 15.0 Å². The van der Waals surface area contributed by atoms with Crippen LogP contribution in [0.1, 0.15) is 4.88 Å². The zero-order valence-corrected chi connectivity index (χ0v) is 11.3. The number of benzene rings is 1. The molecule has 0 radical (unpaired) electrons. The van der Waals surface area contributed by atoms with Crippen LogP contribution in [0.5, 0.6) is 0 Å². The Bertz CT molecular complexity index is 822. The minimum atomic E-state index is -3.50. The Labute approximate surface area is 113 Å². The molecule has 0 bridgehead atoms. The molecule has 98 valence electrons. The number of fused-ring (bicyclic) bond motifs is 1. The molecule has 3 rings (SSSR count). The standard InChI is InChI=1S/C11H10N4O2S2/c12-7-1-2-9-10(3-7)15-11(14-9)19(16,17)5-8-4-13-6-18-8/h1-4,6H,5,12H2,(H,14,15). The molecular weight excluding hydrogens is 284 g/mol. The van der Waals surface area contributed by atoms with Crippen LogP contribution in [-0.2, 0) is 15.6 Å². The first-order chi connectivity index (χ1) is 9.04. The van der Waals surface area contributed by atoms with Gasteiger partial charge < -0.3 is 10.7 Å². The van der Waals surface area contributed by atoms with E-state index in [0.717, 1.165) is 0 Å². The molecule has 0 atom stereocenters. The first kappa shape index (κ1) is 12.1. The fraction of sp³-hybridized carbons (Fsp3) is 0.0909. The average Bonchev–Trinajstić information content (AvgIpc) is 2.96. The van der Waals surface area contributed by atoms with Crippen molar-refractivity contribution >= 4 is 37.9 Å². The van der Waals surface area contributed by atoms with E-state index >= 15 is 0 Å². The SMILES string of the molecule is Nc1ccc2nc(S(=O)(=O)Cc3cncs3)[nH]c2c1. The summed E-state index contributed by atoms with van der Waals surface area (Å²) in [6, 6.07) is 5.03. The van der Waals surface area contributed by atoms with Gasteiger partial charge in [-0.05, 0) is 18.2 Å². The van der Waals surface area contributed by atoms with Gasteiger partial charge in [0.15, 0.2) is 0 Å². The van der Waals surface area contributed by atoms with Gasteiger partial charge in [0.25, 0.3) is 0 Å². The number of imidazole rings is 1. The number of hydrogen-bond acceptors (Lipinski definition) is 6. The second kappa shape index (κ2) is 4.32. The highest BCUT2D eigenvalue weighted by Gasteiger charge is 2.20. The Morgan fingerprint density at radius 3 is 2.95 bits per heavy atom. The molecule has 1 aromatic carbocycles. The van der Waals surface area contributed by atoms with E-state index in [1.165, 1.54) is 11.3 Å². The van der Waals surface area contributed by atoms with Crippen LogP contribution in [-0.4, -0.2) is 23.4 Å². The molecule has 0 fully saturated rings. The number of nitrogen functional groups attached to an aromatic ring is 1. The van der Waals surface area contributed by atoms with Crippen LogP contribution in [0.3, 0.4) is 0 Å². The number of rotatable bonds is 3. The fourth-order valence-corrected chi connectivity index (χ4v) is 3.93. The molecule has 3 aromatic rings. The number of anilines is 1. The van der Waals surface area contributed by atoms with Gasteiger partial charge in [-0.3, -0.25) is 4.98 Å². The van der Waals surface area contributed by atoms with Gasteiger partial charge in [0, 0.05) is 16.8 Å². The van der Waals surface area contributed by atoms with E-state index < -0.39 is 9.84 Å². The smallest absolute Gasteiger partial charge is 0.226 e.